The molecule has 0 unspecified atom stereocenters. The second kappa shape index (κ2) is 4.55. The summed E-state index contributed by atoms with van der Waals surface area (Å²) in [6.45, 7) is 0. The minimum absolute atomic E-state index is 0.774. The molecule has 0 aliphatic rings. The number of nitrogens with zero attached hydrogens (tertiary/aromatic N) is 2. The van der Waals surface area contributed by atoms with Crippen LogP contribution in [-0.2, 0) is 6.42 Å². The SMILES string of the molecule is CNc1ccnc(Cc2ccccn2)c1. The van der Waals surface area contributed by atoms with Gasteiger partial charge in [0.2, 0.25) is 0 Å². The Morgan fingerprint density at radius 1 is 1.07 bits per heavy atom. The highest BCUT2D eigenvalue weighted by Crippen LogP contribution is 2.09. The van der Waals surface area contributed by atoms with E-state index >= 15 is 0 Å². The predicted molar refractivity (Wildman–Crippen MR) is 60.8 cm³/mol. The van der Waals surface area contributed by atoms with Gasteiger partial charge < -0.3 is 5.32 Å². The van der Waals surface area contributed by atoms with Gasteiger partial charge in [0.15, 0.2) is 0 Å². The van der Waals surface area contributed by atoms with Crippen LogP contribution in [0.4, 0.5) is 5.69 Å². The molecule has 0 spiro atoms. The van der Waals surface area contributed by atoms with Crippen LogP contribution in [0.2, 0.25) is 0 Å². The molecule has 15 heavy (non-hydrogen) atoms. The van der Waals surface area contributed by atoms with Gasteiger partial charge in [-0.25, -0.2) is 0 Å². The van der Waals surface area contributed by atoms with E-state index < -0.39 is 0 Å². The number of hydrogen-bond donors (Lipinski definition) is 1. The maximum Gasteiger partial charge on any atom is 0.0483 e. The minimum Gasteiger partial charge on any atom is -0.388 e. The summed E-state index contributed by atoms with van der Waals surface area (Å²) in [4.78, 5) is 8.57. The minimum atomic E-state index is 0.774. The van der Waals surface area contributed by atoms with Crippen molar-refractivity contribution in [1.82, 2.24) is 9.97 Å². The number of rotatable bonds is 3. The second-order valence-electron chi connectivity index (χ2n) is 3.28. The first kappa shape index (κ1) is 9.65. The Balaban J connectivity index is 2.17. The van der Waals surface area contributed by atoms with Crippen molar-refractivity contribution in [2.24, 2.45) is 0 Å². The van der Waals surface area contributed by atoms with Crippen molar-refractivity contribution in [3.05, 3.63) is 54.1 Å². The Bertz CT molecular complexity index is 426. The van der Waals surface area contributed by atoms with E-state index in [0.717, 1.165) is 23.5 Å². The molecule has 2 heterocycles. The lowest BCUT2D eigenvalue weighted by Crippen LogP contribution is -1.96. The van der Waals surface area contributed by atoms with E-state index in [-0.39, 0.29) is 0 Å². The second-order valence-corrected chi connectivity index (χ2v) is 3.28. The van der Waals surface area contributed by atoms with Gasteiger partial charge in [-0.3, -0.25) is 9.97 Å². The molecular formula is C12H13N3. The lowest BCUT2D eigenvalue weighted by atomic mass is 10.2. The Kier molecular flexibility index (Phi) is 2.93. The quantitative estimate of drug-likeness (QED) is 0.822. The highest BCUT2D eigenvalue weighted by Gasteiger charge is 1.98. The zero-order valence-electron chi connectivity index (χ0n) is 8.64. The summed E-state index contributed by atoms with van der Waals surface area (Å²) in [5.74, 6) is 0. The van der Waals surface area contributed by atoms with E-state index in [9.17, 15) is 0 Å². The Morgan fingerprint density at radius 3 is 2.67 bits per heavy atom. The molecule has 0 bridgehead atoms. The first-order chi connectivity index (χ1) is 7.38. The summed E-state index contributed by atoms with van der Waals surface area (Å²) in [5.41, 5.74) is 3.15. The number of anilines is 1. The van der Waals surface area contributed by atoms with Crippen LogP contribution < -0.4 is 5.32 Å². The van der Waals surface area contributed by atoms with Crippen LogP contribution in [0, 0.1) is 0 Å². The normalized spacial score (nSPS) is 9.93. The summed E-state index contributed by atoms with van der Waals surface area (Å²) in [5, 5.41) is 3.09. The molecule has 2 aromatic rings. The molecule has 2 rings (SSSR count). The standard InChI is InChI=1S/C12H13N3/c1-13-10-5-7-15-12(8-10)9-11-4-2-3-6-14-11/h2-8H,9H2,1H3,(H,13,15). The van der Waals surface area contributed by atoms with E-state index in [0.29, 0.717) is 0 Å². The van der Waals surface area contributed by atoms with Gasteiger partial charge >= 0.3 is 0 Å². The van der Waals surface area contributed by atoms with Crippen molar-refractivity contribution >= 4 is 5.69 Å². The molecule has 0 saturated heterocycles. The van der Waals surface area contributed by atoms with E-state index in [4.69, 9.17) is 0 Å². The van der Waals surface area contributed by atoms with Gasteiger partial charge in [0, 0.05) is 42.9 Å². The fourth-order valence-corrected chi connectivity index (χ4v) is 1.42. The first-order valence-corrected chi connectivity index (χ1v) is 4.91. The first-order valence-electron chi connectivity index (χ1n) is 4.91. The monoisotopic (exact) mass is 199 g/mol. The van der Waals surface area contributed by atoms with Gasteiger partial charge in [0.25, 0.3) is 0 Å². The average Bonchev–Trinajstić information content (AvgIpc) is 2.31. The molecule has 76 valence electrons. The van der Waals surface area contributed by atoms with Crippen molar-refractivity contribution in [2.45, 2.75) is 6.42 Å². The van der Waals surface area contributed by atoms with Crippen LogP contribution in [0.5, 0.6) is 0 Å². The summed E-state index contributed by atoms with van der Waals surface area (Å²) in [7, 11) is 1.90. The molecule has 0 radical (unpaired) electrons. The van der Waals surface area contributed by atoms with Gasteiger partial charge in [-0.1, -0.05) is 6.07 Å². The molecule has 0 fully saturated rings. The molecule has 2 aromatic heterocycles. The molecule has 0 atom stereocenters. The van der Waals surface area contributed by atoms with Crippen LogP contribution in [0.3, 0.4) is 0 Å². The van der Waals surface area contributed by atoms with Gasteiger partial charge in [-0.15, -0.1) is 0 Å². The van der Waals surface area contributed by atoms with Gasteiger partial charge in [-0.05, 0) is 24.3 Å². The third-order valence-corrected chi connectivity index (χ3v) is 2.19. The van der Waals surface area contributed by atoms with E-state index in [1.807, 2.05) is 43.6 Å². The fraction of sp³-hybridized carbons (Fsp3) is 0.167. The maximum atomic E-state index is 4.30. The topological polar surface area (TPSA) is 37.8 Å². The smallest absolute Gasteiger partial charge is 0.0483 e. The summed E-state index contributed by atoms with van der Waals surface area (Å²) in [6.07, 6.45) is 4.39. The van der Waals surface area contributed by atoms with Crippen molar-refractivity contribution in [3.63, 3.8) is 0 Å². The van der Waals surface area contributed by atoms with Crippen LogP contribution >= 0.6 is 0 Å². The van der Waals surface area contributed by atoms with Crippen LogP contribution in [-0.4, -0.2) is 17.0 Å². The Morgan fingerprint density at radius 2 is 1.93 bits per heavy atom. The molecule has 0 amide bonds. The van der Waals surface area contributed by atoms with Crippen molar-refractivity contribution in [1.29, 1.82) is 0 Å². The van der Waals surface area contributed by atoms with Gasteiger partial charge in [-0.2, -0.15) is 0 Å². The molecular weight excluding hydrogens is 186 g/mol. The largest absolute Gasteiger partial charge is 0.388 e. The zero-order valence-corrected chi connectivity index (χ0v) is 8.64. The Labute approximate surface area is 89.2 Å². The highest BCUT2D eigenvalue weighted by atomic mass is 14.8. The van der Waals surface area contributed by atoms with E-state index in [2.05, 4.69) is 15.3 Å². The molecule has 3 nitrogen and oxygen atoms in total. The molecule has 0 aliphatic carbocycles. The lowest BCUT2D eigenvalue weighted by molar-refractivity contribution is 1.01. The highest BCUT2D eigenvalue weighted by molar-refractivity contribution is 5.42. The summed E-state index contributed by atoms with van der Waals surface area (Å²) >= 11 is 0. The third kappa shape index (κ3) is 2.53. The predicted octanol–water partition coefficient (Wildman–Crippen LogP) is 2.11. The number of nitrogens with one attached hydrogen (secondary N) is 1. The van der Waals surface area contributed by atoms with E-state index in [1.165, 1.54) is 0 Å². The van der Waals surface area contributed by atoms with Crippen LogP contribution in [0.25, 0.3) is 0 Å². The van der Waals surface area contributed by atoms with Gasteiger partial charge in [0.05, 0.1) is 0 Å². The summed E-state index contributed by atoms with van der Waals surface area (Å²) in [6, 6.07) is 9.90. The van der Waals surface area contributed by atoms with Crippen molar-refractivity contribution in [3.8, 4) is 0 Å². The summed E-state index contributed by atoms with van der Waals surface area (Å²) < 4.78 is 0. The van der Waals surface area contributed by atoms with Crippen molar-refractivity contribution in [2.75, 3.05) is 12.4 Å². The zero-order chi connectivity index (χ0) is 10.5. The number of hydrogen-bond acceptors (Lipinski definition) is 3. The third-order valence-electron chi connectivity index (χ3n) is 2.19. The fourth-order valence-electron chi connectivity index (χ4n) is 1.42. The molecule has 0 saturated carbocycles. The Hall–Kier alpha value is -1.90. The molecule has 0 aromatic carbocycles. The lowest BCUT2D eigenvalue weighted by Gasteiger charge is -2.03. The van der Waals surface area contributed by atoms with Gasteiger partial charge in [0.1, 0.15) is 0 Å². The number of aromatic nitrogens is 2. The number of pyridine rings is 2. The van der Waals surface area contributed by atoms with Crippen LogP contribution in [0.1, 0.15) is 11.4 Å². The molecule has 1 N–H and O–H groups in total. The molecule has 0 aliphatic heterocycles. The maximum absolute atomic E-state index is 4.30. The average molecular weight is 199 g/mol. The van der Waals surface area contributed by atoms with Crippen LogP contribution in [0.15, 0.2) is 42.7 Å². The van der Waals surface area contributed by atoms with E-state index in [1.54, 1.807) is 6.20 Å². The van der Waals surface area contributed by atoms with Crippen molar-refractivity contribution < 1.29 is 0 Å². The molecule has 3 heteroatoms.